The Kier molecular flexibility index (Phi) is 7.45. The van der Waals surface area contributed by atoms with E-state index in [9.17, 15) is 14.9 Å². The van der Waals surface area contributed by atoms with Crippen LogP contribution < -0.4 is 10.1 Å². The van der Waals surface area contributed by atoms with E-state index in [1.54, 1.807) is 37.8 Å². The van der Waals surface area contributed by atoms with Crippen LogP contribution in [0.2, 0.25) is 0 Å². The Hall–Kier alpha value is -3.72. The second-order valence-electron chi connectivity index (χ2n) is 8.84. The summed E-state index contributed by atoms with van der Waals surface area (Å²) in [6.45, 7) is 6.20. The Labute approximate surface area is 204 Å². The van der Waals surface area contributed by atoms with Crippen LogP contribution in [0.1, 0.15) is 51.8 Å². The Morgan fingerprint density at radius 3 is 2.46 bits per heavy atom. The number of benzene rings is 2. The van der Waals surface area contributed by atoms with Gasteiger partial charge in [-0.05, 0) is 63.5 Å². The van der Waals surface area contributed by atoms with Gasteiger partial charge >= 0.3 is 5.69 Å². The molecule has 1 N–H and O–H groups in total. The number of rotatable bonds is 9. The molecule has 1 fully saturated rings. The van der Waals surface area contributed by atoms with Gasteiger partial charge in [0, 0.05) is 17.7 Å². The molecular weight excluding hydrogens is 446 g/mol. The largest absolute Gasteiger partial charge is 0.496 e. The van der Waals surface area contributed by atoms with E-state index >= 15 is 0 Å². The molecule has 9 heteroatoms. The highest BCUT2D eigenvalue weighted by molar-refractivity contribution is 5.94. The first-order valence-electron chi connectivity index (χ1n) is 11.8. The number of carbonyl (C=O) groups is 1. The lowest BCUT2D eigenvalue weighted by atomic mass is 10.0. The van der Waals surface area contributed by atoms with Crippen LogP contribution >= 0.6 is 0 Å². The van der Waals surface area contributed by atoms with Crippen molar-refractivity contribution in [2.75, 3.05) is 26.7 Å². The lowest BCUT2D eigenvalue weighted by Crippen LogP contribution is -2.37. The zero-order valence-electron chi connectivity index (χ0n) is 20.4. The minimum atomic E-state index is -0.401. The number of likely N-dealkylation sites (tertiary alicyclic amines) is 1. The van der Waals surface area contributed by atoms with Crippen molar-refractivity contribution < 1.29 is 14.5 Å². The van der Waals surface area contributed by atoms with Crippen molar-refractivity contribution in [1.29, 1.82) is 0 Å². The fraction of sp³-hybridized carbons (Fsp3) is 0.385. The van der Waals surface area contributed by atoms with Gasteiger partial charge in [0.25, 0.3) is 5.91 Å². The molecule has 2 aromatic carbocycles. The molecule has 1 aromatic heterocycles. The molecule has 0 saturated carbocycles. The van der Waals surface area contributed by atoms with Crippen molar-refractivity contribution in [2.45, 2.75) is 39.3 Å². The molecule has 35 heavy (non-hydrogen) atoms. The van der Waals surface area contributed by atoms with Crippen LogP contribution in [0.4, 0.5) is 5.69 Å². The van der Waals surface area contributed by atoms with Gasteiger partial charge in [-0.2, -0.15) is 5.10 Å². The van der Waals surface area contributed by atoms with E-state index in [-0.39, 0.29) is 17.6 Å². The third-order valence-electron chi connectivity index (χ3n) is 6.61. The fourth-order valence-corrected chi connectivity index (χ4v) is 4.76. The van der Waals surface area contributed by atoms with Crippen molar-refractivity contribution in [3.8, 4) is 5.75 Å². The van der Waals surface area contributed by atoms with Crippen molar-refractivity contribution >= 4 is 11.6 Å². The molecule has 0 radical (unpaired) electrons. The van der Waals surface area contributed by atoms with Gasteiger partial charge in [0.05, 0.1) is 24.6 Å². The molecule has 0 bridgehead atoms. The highest BCUT2D eigenvalue weighted by Gasteiger charge is 2.26. The number of aromatic nitrogens is 2. The quantitative estimate of drug-likeness (QED) is 0.369. The van der Waals surface area contributed by atoms with Gasteiger partial charge in [-0.3, -0.25) is 24.5 Å². The monoisotopic (exact) mass is 477 g/mol. The third-order valence-corrected chi connectivity index (χ3v) is 6.61. The van der Waals surface area contributed by atoms with E-state index in [0.29, 0.717) is 30.0 Å². The zero-order chi connectivity index (χ0) is 24.9. The molecule has 1 amide bonds. The number of nitro groups is 1. The highest BCUT2D eigenvalue weighted by atomic mass is 16.6. The number of nitrogens with zero attached hydrogens (tertiary/aromatic N) is 4. The summed E-state index contributed by atoms with van der Waals surface area (Å²) in [5.41, 5.74) is 3.50. The maximum atomic E-state index is 12.9. The van der Waals surface area contributed by atoms with Gasteiger partial charge in [-0.1, -0.05) is 30.3 Å². The molecule has 184 valence electrons. The summed E-state index contributed by atoms with van der Waals surface area (Å²) in [6, 6.07) is 15.3. The molecule has 0 aliphatic carbocycles. The van der Waals surface area contributed by atoms with E-state index in [1.807, 2.05) is 30.3 Å². The van der Waals surface area contributed by atoms with Crippen LogP contribution in [-0.2, 0) is 6.54 Å². The minimum Gasteiger partial charge on any atom is -0.496 e. The van der Waals surface area contributed by atoms with Crippen molar-refractivity contribution in [1.82, 2.24) is 20.0 Å². The standard InChI is InChI=1S/C26H31N5O4/c1-18-25(31(33)34)19(2)30(28-18)17-20-10-12-21(13-11-20)26(32)27-16-23(29-14-6-7-15-29)22-8-4-5-9-24(22)35-3/h4-5,8-13,23H,6-7,14-17H2,1-3H3,(H,27,32). The molecule has 1 aliphatic rings. The Morgan fingerprint density at radius 1 is 1.14 bits per heavy atom. The highest BCUT2D eigenvalue weighted by Crippen LogP contribution is 2.31. The van der Waals surface area contributed by atoms with Crippen LogP contribution in [0, 0.1) is 24.0 Å². The summed E-state index contributed by atoms with van der Waals surface area (Å²) >= 11 is 0. The Bertz CT molecular complexity index is 1200. The number of para-hydroxylation sites is 1. The molecule has 1 saturated heterocycles. The SMILES string of the molecule is COc1ccccc1C(CNC(=O)c1ccc(Cn2nc(C)c([N+](=O)[O-])c2C)cc1)N1CCCC1. The second-order valence-corrected chi connectivity index (χ2v) is 8.84. The average Bonchev–Trinajstić information content (AvgIpc) is 3.48. The predicted octanol–water partition coefficient (Wildman–Crippen LogP) is 4.03. The maximum absolute atomic E-state index is 12.9. The second kappa shape index (κ2) is 10.7. The number of ether oxygens (including phenoxy) is 1. The number of aryl methyl sites for hydroxylation is 1. The van der Waals surface area contributed by atoms with Gasteiger partial charge in [0.2, 0.25) is 0 Å². The number of amides is 1. The van der Waals surface area contributed by atoms with Gasteiger partial charge < -0.3 is 10.1 Å². The van der Waals surface area contributed by atoms with Gasteiger partial charge in [0.15, 0.2) is 0 Å². The summed E-state index contributed by atoms with van der Waals surface area (Å²) in [4.78, 5) is 26.2. The van der Waals surface area contributed by atoms with Crippen LogP contribution in [0.15, 0.2) is 48.5 Å². The lowest BCUT2D eigenvalue weighted by molar-refractivity contribution is -0.386. The third kappa shape index (κ3) is 5.35. The average molecular weight is 478 g/mol. The Balaban J connectivity index is 1.44. The fourth-order valence-electron chi connectivity index (χ4n) is 4.76. The summed E-state index contributed by atoms with van der Waals surface area (Å²) in [5, 5.41) is 18.6. The molecule has 9 nitrogen and oxygen atoms in total. The normalized spacial score (nSPS) is 14.6. The maximum Gasteiger partial charge on any atom is 0.312 e. The van der Waals surface area contributed by atoms with E-state index in [0.717, 1.165) is 42.8 Å². The summed E-state index contributed by atoms with van der Waals surface area (Å²) in [5.74, 6) is 0.685. The smallest absolute Gasteiger partial charge is 0.312 e. The molecule has 1 unspecified atom stereocenters. The van der Waals surface area contributed by atoms with Gasteiger partial charge in [-0.25, -0.2) is 0 Å². The molecule has 1 atom stereocenters. The zero-order valence-corrected chi connectivity index (χ0v) is 20.4. The topological polar surface area (TPSA) is 103 Å². The van der Waals surface area contributed by atoms with Gasteiger partial charge in [-0.15, -0.1) is 0 Å². The molecule has 0 spiro atoms. The van der Waals surface area contributed by atoms with Crippen LogP contribution in [-0.4, -0.2) is 52.3 Å². The van der Waals surface area contributed by atoms with E-state index in [2.05, 4.69) is 21.4 Å². The van der Waals surface area contributed by atoms with Crippen molar-refractivity contribution in [3.05, 3.63) is 86.7 Å². The first kappa shape index (κ1) is 24.4. The number of methoxy groups -OCH3 is 1. The summed E-state index contributed by atoms with van der Waals surface area (Å²) in [6.07, 6.45) is 2.30. The first-order valence-corrected chi connectivity index (χ1v) is 11.8. The van der Waals surface area contributed by atoms with Crippen LogP contribution in [0.5, 0.6) is 5.75 Å². The molecular formula is C26H31N5O4. The molecule has 4 rings (SSSR count). The van der Waals surface area contributed by atoms with Crippen LogP contribution in [0.25, 0.3) is 0 Å². The first-order chi connectivity index (χ1) is 16.9. The van der Waals surface area contributed by atoms with Crippen molar-refractivity contribution in [3.63, 3.8) is 0 Å². The van der Waals surface area contributed by atoms with Gasteiger partial charge in [0.1, 0.15) is 17.1 Å². The van der Waals surface area contributed by atoms with E-state index in [1.165, 1.54) is 0 Å². The number of carbonyl (C=O) groups excluding carboxylic acids is 1. The van der Waals surface area contributed by atoms with E-state index < -0.39 is 4.92 Å². The molecule has 1 aliphatic heterocycles. The van der Waals surface area contributed by atoms with E-state index in [4.69, 9.17) is 4.74 Å². The van der Waals surface area contributed by atoms with Crippen LogP contribution in [0.3, 0.4) is 0 Å². The predicted molar refractivity (Wildman–Crippen MR) is 133 cm³/mol. The number of hydrogen-bond donors (Lipinski definition) is 1. The molecule has 3 aromatic rings. The number of hydrogen-bond acceptors (Lipinski definition) is 6. The lowest BCUT2D eigenvalue weighted by Gasteiger charge is -2.29. The summed E-state index contributed by atoms with van der Waals surface area (Å²) < 4.78 is 7.21. The Morgan fingerprint density at radius 2 is 1.83 bits per heavy atom. The summed E-state index contributed by atoms with van der Waals surface area (Å²) in [7, 11) is 1.67. The van der Waals surface area contributed by atoms with Crippen molar-refractivity contribution in [2.24, 2.45) is 0 Å². The number of nitrogens with one attached hydrogen (secondary N) is 1. The minimum absolute atomic E-state index is 0.0405. The molecule has 2 heterocycles.